The van der Waals surface area contributed by atoms with Crippen LogP contribution in [0.3, 0.4) is 0 Å². The van der Waals surface area contributed by atoms with Crippen molar-refractivity contribution < 1.29 is 33.8 Å². The number of hydrogen-bond donors (Lipinski definition) is 5. The third-order valence-electron chi connectivity index (χ3n) is 11.6. The number of likely N-dealkylation sites (N-methyl/N-ethyl adjacent to an activating group) is 1. The molecule has 1 saturated heterocycles. The summed E-state index contributed by atoms with van der Waals surface area (Å²) >= 11 is 0. The minimum absolute atomic E-state index is 0.0145. The molecule has 0 unspecified atom stereocenters. The highest BCUT2D eigenvalue weighted by molar-refractivity contribution is 5.96. The van der Waals surface area contributed by atoms with E-state index in [1.807, 2.05) is 42.5 Å². The Labute approximate surface area is 330 Å². The van der Waals surface area contributed by atoms with Crippen LogP contribution in [0.4, 0.5) is 0 Å². The van der Waals surface area contributed by atoms with Crippen LogP contribution in [0.5, 0.6) is 5.75 Å². The van der Waals surface area contributed by atoms with E-state index in [1.165, 1.54) is 4.90 Å². The molecule has 4 heterocycles. The highest BCUT2D eigenvalue weighted by atomic mass is 16.5. The molecule has 3 aromatic carbocycles. The second-order valence-corrected chi connectivity index (χ2v) is 15.5. The smallest absolute Gasteiger partial charge is 0.326 e. The maximum absolute atomic E-state index is 14.8. The van der Waals surface area contributed by atoms with Crippen LogP contribution in [0.1, 0.15) is 68.3 Å². The molecule has 4 aromatic rings. The summed E-state index contributed by atoms with van der Waals surface area (Å²) in [5, 5.41) is 32.4. The molecule has 0 radical (unpaired) electrons. The number of likely N-dealkylation sites (tertiary alicyclic amines) is 1. The Morgan fingerprint density at radius 1 is 0.965 bits per heavy atom. The number of rotatable bonds is 8. The van der Waals surface area contributed by atoms with Crippen molar-refractivity contribution in [3.05, 3.63) is 89.7 Å². The lowest BCUT2D eigenvalue weighted by Gasteiger charge is -2.35. The summed E-state index contributed by atoms with van der Waals surface area (Å²) in [6.07, 6.45) is 6.34. The maximum Gasteiger partial charge on any atom is 0.326 e. The van der Waals surface area contributed by atoms with Crippen LogP contribution in [-0.2, 0) is 43.4 Å². The summed E-state index contributed by atoms with van der Waals surface area (Å²) in [4.78, 5) is 71.0. The number of carboxylic acid groups (broad SMARTS) is 1. The lowest BCUT2D eigenvalue weighted by atomic mass is 9.83. The van der Waals surface area contributed by atoms with Crippen molar-refractivity contribution >= 4 is 40.4 Å². The van der Waals surface area contributed by atoms with Gasteiger partial charge < -0.3 is 36.0 Å². The SMILES string of the molecule is CN[C@@H](C)C(=O)N[C@H](C(=O)N1C[C@@H]2C[C@H]1C(=O)N[C@@H](Cc1ccc3ccccc3c1)C(=O)N[C@H](C(=O)O)Cc1ccc(cc1)OCc1cn2nn1)C1CCCCC1. The van der Waals surface area contributed by atoms with Crippen LogP contribution in [0.15, 0.2) is 72.9 Å². The van der Waals surface area contributed by atoms with Crippen LogP contribution in [0.25, 0.3) is 10.8 Å². The number of nitrogens with zero attached hydrogens (tertiary/aromatic N) is 4. The molecule has 4 aliphatic rings. The first-order valence-electron chi connectivity index (χ1n) is 19.8. The number of aliphatic carboxylic acids is 1. The molecule has 15 heteroatoms. The van der Waals surface area contributed by atoms with Crippen LogP contribution in [0.2, 0.25) is 0 Å². The summed E-state index contributed by atoms with van der Waals surface area (Å²) in [7, 11) is 1.68. The number of carbonyl (C=O) groups excluding carboxylic acids is 4. The lowest BCUT2D eigenvalue weighted by Crippen LogP contribution is -2.60. The number of carbonyl (C=O) groups is 5. The Kier molecular flexibility index (Phi) is 12.1. The second-order valence-electron chi connectivity index (χ2n) is 15.5. The molecule has 8 rings (SSSR count). The van der Waals surface area contributed by atoms with Crippen molar-refractivity contribution in [2.75, 3.05) is 13.6 Å². The van der Waals surface area contributed by atoms with E-state index in [4.69, 9.17) is 4.74 Å². The zero-order valence-electron chi connectivity index (χ0n) is 32.2. The van der Waals surface area contributed by atoms with Crippen molar-refractivity contribution in [1.29, 1.82) is 0 Å². The topological polar surface area (TPSA) is 197 Å². The van der Waals surface area contributed by atoms with Gasteiger partial charge in [0.05, 0.1) is 18.3 Å². The molecule has 4 amide bonds. The molecule has 300 valence electrons. The van der Waals surface area contributed by atoms with Crippen molar-refractivity contribution in [3.8, 4) is 5.75 Å². The monoisotopic (exact) mass is 778 g/mol. The van der Waals surface area contributed by atoms with Crippen molar-refractivity contribution in [2.45, 2.75) is 101 Å². The number of hydrogen-bond acceptors (Lipinski definition) is 9. The Morgan fingerprint density at radius 2 is 1.72 bits per heavy atom. The van der Waals surface area contributed by atoms with Crippen molar-refractivity contribution in [3.63, 3.8) is 0 Å². The number of carboxylic acids is 1. The fraction of sp³-hybridized carbons (Fsp3) is 0.452. The van der Waals surface area contributed by atoms with Gasteiger partial charge in [0, 0.05) is 25.8 Å². The standard InChI is InChI=1S/C42H50N8O7/c1-25(43-2)38(51)46-37(29-9-4-3-5-10-29)41(54)49-23-32-21-36(49)40(53)44-34(20-27-12-15-28-8-6-7-11-30(28)18-27)39(52)45-35(42(55)56)19-26-13-16-33(17-14-26)57-24-31-22-50(32)48-47-31/h6-8,11-18,22,25,29,32,34-37,43H,3-5,9-10,19-21,23-24H2,1-2H3,(H,44,53)(H,45,52)(H,46,51)(H,55,56)/t25-,32-,34-,35-,36-,37-/m0/s1. The number of fused-ring (bicyclic) bond motifs is 10. The predicted molar refractivity (Wildman–Crippen MR) is 210 cm³/mol. The highest BCUT2D eigenvalue weighted by Crippen LogP contribution is 2.33. The minimum Gasteiger partial charge on any atom is -0.487 e. The Bertz CT molecular complexity index is 2100. The number of nitrogens with one attached hydrogen (secondary N) is 4. The molecule has 1 aromatic heterocycles. The molecule has 57 heavy (non-hydrogen) atoms. The van der Waals surface area contributed by atoms with Gasteiger partial charge in [-0.3, -0.25) is 19.2 Å². The maximum atomic E-state index is 14.8. The van der Waals surface area contributed by atoms with Gasteiger partial charge in [0.2, 0.25) is 23.6 Å². The summed E-state index contributed by atoms with van der Waals surface area (Å²) < 4.78 is 7.59. The van der Waals surface area contributed by atoms with Gasteiger partial charge in [0.1, 0.15) is 42.2 Å². The number of ether oxygens (including phenoxy) is 1. The van der Waals surface area contributed by atoms with Crippen LogP contribution < -0.4 is 26.0 Å². The van der Waals surface area contributed by atoms with E-state index in [0.717, 1.165) is 48.4 Å². The molecule has 3 aliphatic heterocycles. The Hall–Kier alpha value is -5.83. The summed E-state index contributed by atoms with van der Waals surface area (Å²) in [6, 6.07) is 15.0. The summed E-state index contributed by atoms with van der Waals surface area (Å²) in [6.45, 7) is 1.92. The Morgan fingerprint density at radius 3 is 2.46 bits per heavy atom. The van der Waals surface area contributed by atoms with E-state index in [9.17, 15) is 29.1 Å². The molecule has 5 N–H and O–H groups in total. The van der Waals surface area contributed by atoms with Crippen LogP contribution in [0, 0.1) is 5.92 Å². The lowest BCUT2D eigenvalue weighted by molar-refractivity contribution is -0.144. The van der Waals surface area contributed by atoms with Crippen molar-refractivity contribution in [1.82, 2.24) is 41.2 Å². The molecule has 15 nitrogen and oxygen atoms in total. The largest absolute Gasteiger partial charge is 0.487 e. The predicted octanol–water partition coefficient (Wildman–Crippen LogP) is 2.68. The van der Waals surface area contributed by atoms with Gasteiger partial charge >= 0.3 is 5.97 Å². The van der Waals surface area contributed by atoms with E-state index in [-0.39, 0.29) is 50.1 Å². The van der Waals surface area contributed by atoms with Gasteiger partial charge in [-0.15, -0.1) is 5.10 Å². The number of amides is 4. The third-order valence-corrected chi connectivity index (χ3v) is 11.6. The van der Waals surface area contributed by atoms with Gasteiger partial charge in [-0.25, -0.2) is 9.48 Å². The van der Waals surface area contributed by atoms with Gasteiger partial charge in [0.15, 0.2) is 0 Å². The van der Waals surface area contributed by atoms with E-state index >= 15 is 0 Å². The molecular weight excluding hydrogens is 729 g/mol. The average molecular weight is 779 g/mol. The van der Waals surface area contributed by atoms with Gasteiger partial charge in [-0.1, -0.05) is 79.1 Å². The molecule has 6 atom stereocenters. The summed E-state index contributed by atoms with van der Waals surface area (Å²) in [5.41, 5.74) is 1.94. The fourth-order valence-electron chi connectivity index (χ4n) is 8.16. The third kappa shape index (κ3) is 9.25. The zero-order chi connectivity index (χ0) is 40.1. The molecule has 6 bridgehead atoms. The normalized spacial score (nSPS) is 22.9. The Balaban J connectivity index is 1.25. The van der Waals surface area contributed by atoms with E-state index in [0.29, 0.717) is 17.0 Å². The number of benzene rings is 3. The van der Waals surface area contributed by atoms with Gasteiger partial charge in [0.25, 0.3) is 0 Å². The first-order chi connectivity index (χ1) is 27.6. The van der Waals surface area contributed by atoms with E-state index < -0.39 is 54.0 Å². The molecule has 1 aliphatic carbocycles. The molecule has 0 spiro atoms. The molecule has 2 fully saturated rings. The average Bonchev–Trinajstić information content (AvgIpc) is 3.89. The zero-order valence-corrected chi connectivity index (χ0v) is 32.2. The van der Waals surface area contributed by atoms with Crippen LogP contribution in [-0.4, -0.2) is 98.4 Å². The molecule has 1 saturated carbocycles. The second kappa shape index (κ2) is 17.5. The first kappa shape index (κ1) is 39.4. The highest BCUT2D eigenvalue weighted by Gasteiger charge is 2.46. The van der Waals surface area contributed by atoms with Gasteiger partial charge in [-0.2, -0.15) is 0 Å². The van der Waals surface area contributed by atoms with Gasteiger partial charge in [-0.05, 0) is 66.8 Å². The van der Waals surface area contributed by atoms with E-state index in [1.54, 1.807) is 49.1 Å². The molecular formula is C42H50N8O7. The fourth-order valence-corrected chi connectivity index (χ4v) is 8.16. The van der Waals surface area contributed by atoms with Crippen LogP contribution >= 0.6 is 0 Å². The quantitative estimate of drug-likeness (QED) is 0.177. The first-order valence-corrected chi connectivity index (χ1v) is 19.8. The number of aromatic nitrogens is 3. The summed E-state index contributed by atoms with van der Waals surface area (Å²) in [5.74, 6) is -2.77. The van der Waals surface area contributed by atoms with Crippen molar-refractivity contribution in [2.24, 2.45) is 5.92 Å². The van der Waals surface area contributed by atoms with E-state index in [2.05, 4.69) is 31.6 Å². The minimum atomic E-state index is -1.30.